The Morgan fingerprint density at radius 2 is 2.00 bits per heavy atom. The molecular weight excluding hydrogens is 306 g/mol. The zero-order valence-corrected chi connectivity index (χ0v) is 13.5. The third-order valence-corrected chi connectivity index (χ3v) is 4.52. The summed E-state index contributed by atoms with van der Waals surface area (Å²) in [5.41, 5.74) is 2.29. The van der Waals surface area contributed by atoms with Gasteiger partial charge in [0.1, 0.15) is 11.4 Å². The SMILES string of the molecule is CCOc1cccc(-n2c(=O)c3c[nH]c4c(n-3c2=O)CCCC4)c1. The fourth-order valence-electron chi connectivity index (χ4n) is 3.44. The minimum absolute atomic E-state index is 0.307. The summed E-state index contributed by atoms with van der Waals surface area (Å²) >= 11 is 0. The first-order valence-corrected chi connectivity index (χ1v) is 8.31. The van der Waals surface area contributed by atoms with Crippen molar-refractivity contribution >= 4 is 0 Å². The molecule has 4 rings (SSSR count). The van der Waals surface area contributed by atoms with Gasteiger partial charge in [-0.3, -0.25) is 9.36 Å². The van der Waals surface area contributed by atoms with Gasteiger partial charge in [0, 0.05) is 23.7 Å². The molecule has 24 heavy (non-hydrogen) atoms. The molecular formula is C18H19N3O3. The number of aromatic nitrogens is 3. The number of nitrogens with zero attached hydrogens (tertiary/aromatic N) is 2. The predicted octanol–water partition coefficient (Wildman–Crippen LogP) is 2.03. The minimum Gasteiger partial charge on any atom is -0.494 e. The molecule has 3 aliphatic rings. The summed E-state index contributed by atoms with van der Waals surface area (Å²) in [4.78, 5) is 28.9. The van der Waals surface area contributed by atoms with Crippen LogP contribution < -0.4 is 16.0 Å². The first kappa shape index (κ1) is 14.8. The van der Waals surface area contributed by atoms with Gasteiger partial charge in [0.2, 0.25) is 0 Å². The lowest BCUT2D eigenvalue weighted by Gasteiger charge is -2.18. The Balaban J connectivity index is 1.97. The van der Waals surface area contributed by atoms with E-state index in [1.807, 2.05) is 13.0 Å². The number of ether oxygens (including phenoxy) is 1. The lowest BCUT2D eigenvalue weighted by molar-refractivity contribution is 0.340. The minimum atomic E-state index is -0.309. The normalized spacial score (nSPS) is 13.9. The summed E-state index contributed by atoms with van der Waals surface area (Å²) in [5.74, 6) is 0.644. The Morgan fingerprint density at radius 3 is 2.83 bits per heavy atom. The van der Waals surface area contributed by atoms with Crippen LogP contribution in [0.25, 0.3) is 11.4 Å². The van der Waals surface area contributed by atoms with Gasteiger partial charge in [-0.05, 0) is 44.7 Å². The molecule has 0 atom stereocenters. The molecule has 1 aliphatic carbocycles. The first-order chi connectivity index (χ1) is 11.7. The van der Waals surface area contributed by atoms with Crippen LogP contribution in [-0.2, 0) is 12.8 Å². The Hall–Kier alpha value is -2.76. The number of rotatable bonds is 3. The van der Waals surface area contributed by atoms with Crippen molar-refractivity contribution in [2.45, 2.75) is 32.6 Å². The second kappa shape index (κ2) is 5.70. The van der Waals surface area contributed by atoms with E-state index in [-0.39, 0.29) is 11.2 Å². The van der Waals surface area contributed by atoms with Crippen LogP contribution in [0.1, 0.15) is 31.2 Å². The van der Waals surface area contributed by atoms with Gasteiger partial charge in [-0.2, -0.15) is 0 Å². The Morgan fingerprint density at radius 1 is 1.17 bits per heavy atom. The molecule has 0 radical (unpaired) electrons. The average Bonchev–Trinajstić information content (AvgIpc) is 2.86. The number of hydrogen-bond acceptors (Lipinski definition) is 3. The van der Waals surface area contributed by atoms with Crippen molar-refractivity contribution in [1.82, 2.24) is 14.1 Å². The van der Waals surface area contributed by atoms with Gasteiger partial charge in [0.05, 0.1) is 12.3 Å². The summed E-state index contributed by atoms with van der Waals surface area (Å²) in [6.45, 7) is 2.43. The summed E-state index contributed by atoms with van der Waals surface area (Å²) in [6, 6.07) is 7.08. The topological polar surface area (TPSA) is 69.0 Å². The van der Waals surface area contributed by atoms with Crippen LogP contribution >= 0.6 is 0 Å². The zero-order valence-electron chi connectivity index (χ0n) is 13.5. The number of fused-ring (bicyclic) bond motifs is 3. The number of nitrogens with one attached hydrogen (secondary N) is 1. The van der Waals surface area contributed by atoms with E-state index in [9.17, 15) is 9.59 Å². The first-order valence-electron chi connectivity index (χ1n) is 8.31. The molecule has 2 aliphatic heterocycles. The number of imidazole rings is 1. The van der Waals surface area contributed by atoms with E-state index >= 15 is 0 Å². The molecule has 2 heterocycles. The molecule has 0 bridgehead atoms. The second-order valence-electron chi connectivity index (χ2n) is 6.00. The summed E-state index contributed by atoms with van der Waals surface area (Å²) in [7, 11) is 0. The molecule has 1 aromatic rings. The van der Waals surface area contributed by atoms with Crippen LogP contribution in [0.3, 0.4) is 0 Å². The molecule has 0 unspecified atom stereocenters. The fourth-order valence-corrected chi connectivity index (χ4v) is 3.44. The van der Waals surface area contributed by atoms with Gasteiger partial charge < -0.3 is 9.72 Å². The largest absolute Gasteiger partial charge is 0.494 e. The van der Waals surface area contributed by atoms with Gasteiger partial charge in [-0.25, -0.2) is 9.36 Å². The second-order valence-corrected chi connectivity index (χ2v) is 6.00. The molecule has 1 aromatic carbocycles. The average molecular weight is 325 g/mol. The van der Waals surface area contributed by atoms with Crippen molar-refractivity contribution in [2.24, 2.45) is 0 Å². The molecule has 0 aromatic heterocycles. The fraction of sp³-hybridized carbons (Fsp3) is 0.333. The molecule has 0 amide bonds. The molecule has 6 nitrogen and oxygen atoms in total. The number of hydrogen-bond donors (Lipinski definition) is 1. The Labute approximate surface area is 138 Å². The highest BCUT2D eigenvalue weighted by molar-refractivity contribution is 5.44. The number of aromatic amines is 1. The molecule has 6 heteroatoms. The third kappa shape index (κ3) is 2.18. The van der Waals surface area contributed by atoms with Crippen molar-refractivity contribution in [3.8, 4) is 17.1 Å². The lowest BCUT2D eigenvalue weighted by Crippen LogP contribution is -2.27. The highest BCUT2D eigenvalue weighted by atomic mass is 16.5. The van der Waals surface area contributed by atoms with Crippen LogP contribution in [0, 0.1) is 0 Å². The summed E-state index contributed by atoms with van der Waals surface area (Å²) in [6.07, 6.45) is 5.51. The van der Waals surface area contributed by atoms with Crippen molar-refractivity contribution < 1.29 is 4.74 Å². The highest BCUT2D eigenvalue weighted by Gasteiger charge is 2.24. The summed E-state index contributed by atoms with van der Waals surface area (Å²) in [5, 5.41) is 0. The van der Waals surface area contributed by atoms with Crippen LogP contribution in [0.5, 0.6) is 5.75 Å². The van der Waals surface area contributed by atoms with Crippen molar-refractivity contribution in [3.05, 3.63) is 62.7 Å². The lowest BCUT2D eigenvalue weighted by atomic mass is 10.00. The van der Waals surface area contributed by atoms with Crippen LogP contribution in [0.4, 0.5) is 0 Å². The Kier molecular flexibility index (Phi) is 3.52. The van der Waals surface area contributed by atoms with Crippen molar-refractivity contribution in [3.63, 3.8) is 0 Å². The van der Waals surface area contributed by atoms with Gasteiger partial charge in [0.25, 0.3) is 5.56 Å². The highest BCUT2D eigenvalue weighted by Crippen LogP contribution is 2.22. The zero-order chi connectivity index (χ0) is 16.7. The standard InChI is InChI=1S/C18H19N3O3/c1-2-24-13-7-5-6-12(10-13)20-17(22)16-11-19-14-8-3-4-9-15(14)21(16)18(20)23/h5-7,10-11,19H,2-4,8-9H2,1H3. The van der Waals surface area contributed by atoms with E-state index in [1.54, 1.807) is 29.0 Å². The molecule has 124 valence electrons. The maximum atomic E-state index is 13.0. The maximum absolute atomic E-state index is 13.0. The molecule has 0 saturated carbocycles. The third-order valence-electron chi connectivity index (χ3n) is 4.52. The Bertz CT molecular complexity index is 980. The number of aryl methyl sites for hydroxylation is 1. The quantitative estimate of drug-likeness (QED) is 0.801. The van der Waals surface area contributed by atoms with E-state index in [1.165, 1.54) is 4.57 Å². The van der Waals surface area contributed by atoms with Crippen LogP contribution in [0.2, 0.25) is 0 Å². The van der Waals surface area contributed by atoms with E-state index in [0.29, 0.717) is 23.7 Å². The van der Waals surface area contributed by atoms with E-state index in [0.717, 1.165) is 37.1 Å². The smallest absolute Gasteiger partial charge is 0.340 e. The van der Waals surface area contributed by atoms with Crippen LogP contribution in [0.15, 0.2) is 40.1 Å². The molecule has 0 saturated heterocycles. The van der Waals surface area contributed by atoms with E-state index in [4.69, 9.17) is 4.74 Å². The predicted molar refractivity (Wildman–Crippen MR) is 91.0 cm³/mol. The summed E-state index contributed by atoms with van der Waals surface area (Å²) < 4.78 is 8.27. The monoisotopic (exact) mass is 325 g/mol. The van der Waals surface area contributed by atoms with Gasteiger partial charge >= 0.3 is 5.69 Å². The van der Waals surface area contributed by atoms with E-state index in [2.05, 4.69) is 4.98 Å². The van der Waals surface area contributed by atoms with Crippen LogP contribution in [-0.4, -0.2) is 20.7 Å². The maximum Gasteiger partial charge on any atom is 0.340 e. The number of H-pyrrole nitrogens is 1. The number of benzene rings is 1. The molecule has 1 N–H and O–H groups in total. The molecule has 0 spiro atoms. The molecule has 0 fully saturated rings. The van der Waals surface area contributed by atoms with Gasteiger partial charge in [0.15, 0.2) is 0 Å². The van der Waals surface area contributed by atoms with Gasteiger partial charge in [-0.15, -0.1) is 0 Å². The van der Waals surface area contributed by atoms with Crippen molar-refractivity contribution in [1.29, 1.82) is 0 Å². The van der Waals surface area contributed by atoms with Gasteiger partial charge in [-0.1, -0.05) is 6.07 Å². The van der Waals surface area contributed by atoms with E-state index < -0.39 is 0 Å². The van der Waals surface area contributed by atoms with Crippen molar-refractivity contribution in [2.75, 3.05) is 6.61 Å².